The Kier molecular flexibility index (Phi) is 5.67. The summed E-state index contributed by atoms with van der Waals surface area (Å²) in [4.78, 5) is 36.8. The van der Waals surface area contributed by atoms with Gasteiger partial charge in [0.05, 0.1) is 4.92 Å². The number of nitro groups is 1. The first-order chi connectivity index (χ1) is 13.8. The third kappa shape index (κ3) is 4.29. The van der Waals surface area contributed by atoms with Crippen molar-refractivity contribution in [2.45, 2.75) is 26.2 Å². The number of phenols is 1. The number of hydrogen-bond donors (Lipinski definition) is 3. The van der Waals surface area contributed by atoms with E-state index in [4.69, 9.17) is 5.11 Å². The average molecular weight is 399 g/mol. The highest BCUT2D eigenvalue weighted by atomic mass is 16.6. The lowest BCUT2D eigenvalue weighted by Crippen LogP contribution is -2.30. The molecule has 9 nitrogen and oxygen atoms in total. The van der Waals surface area contributed by atoms with Gasteiger partial charge in [0, 0.05) is 30.4 Å². The van der Waals surface area contributed by atoms with Gasteiger partial charge in [-0.3, -0.25) is 14.9 Å². The molecule has 1 heterocycles. The van der Waals surface area contributed by atoms with Crippen molar-refractivity contribution in [3.8, 4) is 5.75 Å². The van der Waals surface area contributed by atoms with Gasteiger partial charge >= 0.3 is 5.97 Å². The third-order valence-electron chi connectivity index (χ3n) is 4.92. The molecule has 0 aromatic heterocycles. The van der Waals surface area contributed by atoms with Gasteiger partial charge in [-0.15, -0.1) is 0 Å². The Bertz CT molecular complexity index is 982. The van der Waals surface area contributed by atoms with Crippen molar-refractivity contribution in [2.24, 2.45) is 0 Å². The first-order valence-corrected chi connectivity index (χ1v) is 9.19. The fraction of sp³-hybridized carbons (Fsp3) is 0.300. The van der Waals surface area contributed by atoms with Crippen LogP contribution < -0.4 is 10.2 Å². The van der Waals surface area contributed by atoms with Crippen molar-refractivity contribution in [3.05, 3.63) is 57.1 Å². The van der Waals surface area contributed by atoms with Crippen LogP contribution >= 0.6 is 0 Å². The Hall–Kier alpha value is -3.62. The van der Waals surface area contributed by atoms with Crippen LogP contribution in [-0.2, 0) is 0 Å². The number of nitrogens with one attached hydrogen (secondary N) is 1. The molecule has 0 unspecified atom stereocenters. The second-order valence-corrected chi connectivity index (χ2v) is 6.96. The first kappa shape index (κ1) is 20.1. The lowest BCUT2D eigenvalue weighted by Gasteiger charge is -2.28. The molecule has 29 heavy (non-hydrogen) atoms. The summed E-state index contributed by atoms with van der Waals surface area (Å²) in [5, 5.41) is 33.1. The van der Waals surface area contributed by atoms with Gasteiger partial charge in [-0.25, -0.2) is 4.79 Å². The maximum Gasteiger partial charge on any atom is 0.339 e. The molecular weight excluding hydrogens is 378 g/mol. The lowest BCUT2D eigenvalue weighted by atomic mass is 10.1. The fourth-order valence-corrected chi connectivity index (χ4v) is 3.43. The van der Waals surface area contributed by atoms with E-state index >= 15 is 0 Å². The van der Waals surface area contributed by atoms with Gasteiger partial charge in [-0.1, -0.05) is 0 Å². The van der Waals surface area contributed by atoms with Crippen LogP contribution in [0.15, 0.2) is 30.3 Å². The summed E-state index contributed by atoms with van der Waals surface area (Å²) in [7, 11) is 0. The monoisotopic (exact) mass is 399 g/mol. The van der Waals surface area contributed by atoms with E-state index in [1.807, 2.05) is 4.90 Å². The number of carbonyl (C=O) groups excluding carboxylic acids is 1. The number of anilines is 2. The Labute approximate surface area is 166 Å². The van der Waals surface area contributed by atoms with Crippen LogP contribution in [0, 0.1) is 17.0 Å². The van der Waals surface area contributed by atoms with Crippen molar-refractivity contribution in [1.29, 1.82) is 0 Å². The van der Waals surface area contributed by atoms with Crippen molar-refractivity contribution in [2.75, 3.05) is 23.3 Å². The van der Waals surface area contributed by atoms with Crippen LogP contribution in [0.4, 0.5) is 17.1 Å². The molecule has 0 aliphatic carbocycles. The molecule has 152 valence electrons. The van der Waals surface area contributed by atoms with E-state index in [1.54, 1.807) is 6.07 Å². The van der Waals surface area contributed by atoms with E-state index in [1.165, 1.54) is 25.1 Å². The number of nitrogens with zero attached hydrogens (tertiary/aromatic N) is 2. The van der Waals surface area contributed by atoms with E-state index < -0.39 is 16.8 Å². The van der Waals surface area contributed by atoms with Gasteiger partial charge in [0.2, 0.25) is 0 Å². The van der Waals surface area contributed by atoms with Crippen LogP contribution in [-0.4, -0.2) is 40.1 Å². The number of benzene rings is 2. The highest BCUT2D eigenvalue weighted by Crippen LogP contribution is 2.32. The molecule has 1 aliphatic rings. The summed E-state index contributed by atoms with van der Waals surface area (Å²) in [6.07, 6.45) is 3.02. The molecule has 2 aromatic carbocycles. The second-order valence-electron chi connectivity index (χ2n) is 6.96. The molecule has 0 radical (unpaired) electrons. The standard InChI is InChI=1S/C20H21N3O6/c1-12-9-14(11-15(18(12)24)20(26)27)21-19(25)13-5-6-16(17(10-13)23(28)29)22-7-3-2-4-8-22/h5-6,9-11,24H,2-4,7-8H2,1H3,(H,21,25)(H,26,27). The van der Waals surface area contributed by atoms with E-state index in [2.05, 4.69) is 5.32 Å². The van der Waals surface area contributed by atoms with Gasteiger partial charge in [-0.05, 0) is 56.0 Å². The quantitative estimate of drug-likeness (QED) is 0.398. The normalized spacial score (nSPS) is 13.8. The number of nitro benzene ring substituents is 1. The Morgan fingerprint density at radius 3 is 2.45 bits per heavy atom. The maximum absolute atomic E-state index is 12.6. The molecule has 0 bridgehead atoms. The molecule has 9 heteroatoms. The van der Waals surface area contributed by atoms with Gasteiger partial charge in [0.1, 0.15) is 17.0 Å². The van der Waals surface area contributed by atoms with Gasteiger partial charge in [-0.2, -0.15) is 0 Å². The fourth-order valence-electron chi connectivity index (χ4n) is 3.43. The van der Waals surface area contributed by atoms with Gasteiger partial charge in [0.15, 0.2) is 0 Å². The topological polar surface area (TPSA) is 133 Å². The largest absolute Gasteiger partial charge is 0.507 e. The predicted octanol–water partition coefficient (Wildman–Crippen LogP) is 3.55. The molecule has 1 aliphatic heterocycles. The SMILES string of the molecule is Cc1cc(NC(=O)c2ccc(N3CCCCC3)c([N+](=O)[O-])c2)cc(C(=O)O)c1O. The predicted molar refractivity (Wildman–Crippen MR) is 107 cm³/mol. The van der Waals surface area contributed by atoms with Gasteiger partial charge < -0.3 is 20.4 Å². The smallest absolute Gasteiger partial charge is 0.339 e. The highest BCUT2D eigenvalue weighted by Gasteiger charge is 2.23. The van der Waals surface area contributed by atoms with Crippen molar-refractivity contribution < 1.29 is 24.7 Å². The Morgan fingerprint density at radius 1 is 1.14 bits per heavy atom. The molecule has 0 atom stereocenters. The zero-order chi connectivity index (χ0) is 21.1. The molecule has 1 amide bonds. The van der Waals surface area contributed by atoms with Crippen LogP contribution in [0.25, 0.3) is 0 Å². The van der Waals surface area contributed by atoms with E-state index in [-0.39, 0.29) is 33.8 Å². The van der Waals surface area contributed by atoms with Crippen molar-refractivity contribution in [1.82, 2.24) is 0 Å². The Morgan fingerprint density at radius 2 is 1.83 bits per heavy atom. The number of hydrogen-bond acceptors (Lipinski definition) is 6. The van der Waals surface area contributed by atoms with E-state index in [0.29, 0.717) is 5.69 Å². The number of carboxylic acid groups (broad SMARTS) is 1. The van der Waals surface area contributed by atoms with Crippen LogP contribution in [0.3, 0.4) is 0 Å². The molecule has 1 fully saturated rings. The minimum Gasteiger partial charge on any atom is -0.507 e. The molecule has 3 rings (SSSR count). The Balaban J connectivity index is 1.89. The molecule has 2 aromatic rings. The average Bonchev–Trinajstić information content (AvgIpc) is 2.70. The molecule has 0 spiro atoms. The molecule has 0 saturated carbocycles. The summed E-state index contributed by atoms with van der Waals surface area (Å²) in [5.74, 6) is -2.32. The zero-order valence-electron chi connectivity index (χ0n) is 15.8. The minimum absolute atomic E-state index is 0.0834. The number of aromatic hydroxyl groups is 1. The number of amides is 1. The number of aryl methyl sites for hydroxylation is 1. The summed E-state index contributed by atoms with van der Waals surface area (Å²) in [6.45, 7) is 2.98. The molecule has 1 saturated heterocycles. The lowest BCUT2D eigenvalue weighted by molar-refractivity contribution is -0.384. The number of carbonyl (C=O) groups is 2. The summed E-state index contributed by atoms with van der Waals surface area (Å²) < 4.78 is 0. The van der Waals surface area contributed by atoms with Crippen LogP contribution in [0.1, 0.15) is 45.5 Å². The minimum atomic E-state index is -1.33. The van der Waals surface area contributed by atoms with E-state index in [0.717, 1.165) is 38.4 Å². The third-order valence-corrected chi connectivity index (χ3v) is 4.92. The number of carboxylic acids is 1. The van der Waals surface area contributed by atoms with E-state index in [9.17, 15) is 24.8 Å². The maximum atomic E-state index is 12.6. The first-order valence-electron chi connectivity index (χ1n) is 9.19. The second kappa shape index (κ2) is 8.17. The van der Waals surface area contributed by atoms with Gasteiger partial charge in [0.25, 0.3) is 11.6 Å². The number of rotatable bonds is 5. The van der Waals surface area contributed by atoms with Crippen molar-refractivity contribution >= 4 is 28.9 Å². The van der Waals surface area contributed by atoms with Crippen LogP contribution in [0.5, 0.6) is 5.75 Å². The van der Waals surface area contributed by atoms with Crippen molar-refractivity contribution in [3.63, 3.8) is 0 Å². The number of aromatic carboxylic acids is 1. The molecule has 3 N–H and O–H groups in total. The summed E-state index contributed by atoms with van der Waals surface area (Å²) in [6, 6.07) is 6.88. The zero-order valence-corrected chi connectivity index (χ0v) is 15.8. The highest BCUT2D eigenvalue weighted by molar-refractivity contribution is 6.06. The summed E-state index contributed by atoms with van der Waals surface area (Å²) in [5.41, 5.74) is 0.538. The van der Waals surface area contributed by atoms with Crippen LogP contribution in [0.2, 0.25) is 0 Å². The summed E-state index contributed by atoms with van der Waals surface area (Å²) >= 11 is 0. The molecular formula is C20H21N3O6. The number of piperidine rings is 1.